The normalized spacial score (nSPS) is 10.6. The van der Waals surface area contributed by atoms with Crippen molar-refractivity contribution >= 4 is 22.6 Å². The van der Waals surface area contributed by atoms with E-state index in [0.29, 0.717) is 18.7 Å². The van der Waals surface area contributed by atoms with Crippen LogP contribution in [0, 0.1) is 6.92 Å². The van der Waals surface area contributed by atoms with Crippen molar-refractivity contribution in [2.24, 2.45) is 0 Å². The molecule has 0 fully saturated rings. The van der Waals surface area contributed by atoms with Gasteiger partial charge in [0.2, 0.25) is 5.91 Å². The Bertz CT molecular complexity index is 901. The molecule has 3 rings (SSSR count). The molecule has 0 spiro atoms. The quantitative estimate of drug-likeness (QED) is 0.645. The van der Waals surface area contributed by atoms with Crippen LogP contribution in [0.1, 0.15) is 28.0 Å². The molecule has 2 amide bonds. The number of rotatable bonds is 6. The summed E-state index contributed by atoms with van der Waals surface area (Å²) in [5.41, 5.74) is 2.48. The van der Waals surface area contributed by atoms with Gasteiger partial charge in [-0.25, -0.2) is 0 Å². The van der Waals surface area contributed by atoms with E-state index in [1.165, 1.54) is 0 Å². The number of benzene rings is 2. The number of aryl methyl sites for hydroxylation is 1. The van der Waals surface area contributed by atoms with Gasteiger partial charge < -0.3 is 10.6 Å². The maximum Gasteiger partial charge on any atom is 0.251 e. The first-order valence-corrected chi connectivity index (χ1v) is 8.16. The minimum absolute atomic E-state index is 0.112. The van der Waals surface area contributed by atoms with Gasteiger partial charge in [-0.2, -0.15) is 5.10 Å². The van der Waals surface area contributed by atoms with Crippen molar-refractivity contribution < 1.29 is 9.59 Å². The van der Waals surface area contributed by atoms with E-state index in [1.54, 1.807) is 12.3 Å². The molecule has 1 heterocycles. The van der Waals surface area contributed by atoms with E-state index in [4.69, 9.17) is 0 Å². The lowest BCUT2D eigenvalue weighted by molar-refractivity contribution is -0.121. The number of aromatic nitrogens is 2. The third-order valence-electron chi connectivity index (χ3n) is 4.06. The number of hydrogen-bond acceptors (Lipinski definition) is 3. The van der Waals surface area contributed by atoms with Crippen LogP contribution in [-0.4, -0.2) is 28.6 Å². The molecule has 3 aromatic rings. The summed E-state index contributed by atoms with van der Waals surface area (Å²) in [5, 5.41) is 14.4. The highest BCUT2D eigenvalue weighted by atomic mass is 16.2. The molecule has 2 aromatic carbocycles. The number of fused-ring (bicyclic) bond motifs is 1. The Morgan fingerprint density at radius 3 is 2.64 bits per heavy atom. The van der Waals surface area contributed by atoms with Crippen molar-refractivity contribution in [2.75, 3.05) is 6.54 Å². The molecule has 0 aliphatic carbocycles. The van der Waals surface area contributed by atoms with Gasteiger partial charge in [0.25, 0.3) is 5.91 Å². The molecule has 0 bridgehead atoms. The van der Waals surface area contributed by atoms with E-state index in [1.807, 2.05) is 43.3 Å². The van der Waals surface area contributed by atoms with Crippen LogP contribution in [0.25, 0.3) is 10.8 Å². The van der Waals surface area contributed by atoms with E-state index in [9.17, 15) is 9.59 Å². The summed E-state index contributed by atoms with van der Waals surface area (Å²) >= 11 is 0. The number of carbonyl (C=O) groups excluding carboxylic acids is 2. The summed E-state index contributed by atoms with van der Waals surface area (Å²) in [6.07, 6.45) is 1.92. The Kier molecular flexibility index (Phi) is 5.09. The molecule has 0 radical (unpaired) electrons. The molecule has 0 saturated heterocycles. The number of carbonyl (C=O) groups is 2. The molecule has 3 N–H and O–H groups in total. The molecule has 0 saturated carbocycles. The van der Waals surface area contributed by atoms with Gasteiger partial charge in [-0.3, -0.25) is 14.7 Å². The fourth-order valence-electron chi connectivity index (χ4n) is 2.56. The minimum atomic E-state index is -0.177. The molecule has 0 aliphatic rings. The molecule has 1 aromatic heterocycles. The van der Waals surface area contributed by atoms with E-state index in [0.717, 1.165) is 22.0 Å². The third-order valence-corrected chi connectivity index (χ3v) is 4.06. The van der Waals surface area contributed by atoms with Crippen molar-refractivity contribution in [1.82, 2.24) is 20.8 Å². The monoisotopic (exact) mass is 336 g/mol. The van der Waals surface area contributed by atoms with Crippen LogP contribution in [0.5, 0.6) is 0 Å². The Balaban J connectivity index is 1.46. The molecule has 6 heteroatoms. The van der Waals surface area contributed by atoms with Gasteiger partial charge in [0.15, 0.2) is 0 Å². The predicted octanol–water partition coefficient (Wildman–Crippen LogP) is 2.31. The zero-order valence-electron chi connectivity index (χ0n) is 14.0. The van der Waals surface area contributed by atoms with Crippen molar-refractivity contribution in [3.63, 3.8) is 0 Å². The van der Waals surface area contributed by atoms with Gasteiger partial charge in [0.1, 0.15) is 0 Å². The third kappa shape index (κ3) is 4.23. The van der Waals surface area contributed by atoms with Gasteiger partial charge in [0, 0.05) is 36.3 Å². The topological polar surface area (TPSA) is 86.9 Å². The molecule has 0 atom stereocenters. The van der Waals surface area contributed by atoms with Crippen LogP contribution in [-0.2, 0) is 11.3 Å². The smallest absolute Gasteiger partial charge is 0.251 e. The number of H-pyrrole nitrogens is 1. The largest absolute Gasteiger partial charge is 0.352 e. The fourth-order valence-corrected chi connectivity index (χ4v) is 2.56. The van der Waals surface area contributed by atoms with Crippen LogP contribution >= 0.6 is 0 Å². The second kappa shape index (κ2) is 7.61. The average Bonchev–Trinajstić information content (AvgIpc) is 3.04. The van der Waals surface area contributed by atoms with Crippen LogP contribution in [0.15, 0.2) is 48.7 Å². The lowest BCUT2D eigenvalue weighted by atomic mass is 10.1. The number of nitrogens with one attached hydrogen (secondary N) is 3. The van der Waals surface area contributed by atoms with Gasteiger partial charge in [0.05, 0.1) is 6.20 Å². The second-order valence-electron chi connectivity index (χ2n) is 5.86. The molecule has 0 unspecified atom stereocenters. The zero-order valence-corrected chi connectivity index (χ0v) is 14.0. The standard InChI is InChI=1S/C19H20N4O2/c1-13-17(12-22-23-13)11-21-18(24)8-9-20-19(25)16-7-6-14-4-2-3-5-15(14)10-16/h2-7,10,12H,8-9,11H2,1H3,(H,20,25)(H,21,24)(H,22,23). The average molecular weight is 336 g/mol. The van der Waals surface area contributed by atoms with Crippen molar-refractivity contribution in [3.8, 4) is 0 Å². The number of aromatic amines is 1. The second-order valence-corrected chi connectivity index (χ2v) is 5.86. The van der Waals surface area contributed by atoms with Crippen molar-refractivity contribution in [1.29, 1.82) is 0 Å². The molecule has 128 valence electrons. The molecule has 25 heavy (non-hydrogen) atoms. The fraction of sp³-hybridized carbons (Fsp3) is 0.211. The summed E-state index contributed by atoms with van der Waals surface area (Å²) in [7, 11) is 0. The highest BCUT2D eigenvalue weighted by Gasteiger charge is 2.08. The first-order valence-electron chi connectivity index (χ1n) is 8.16. The van der Waals surface area contributed by atoms with E-state index < -0.39 is 0 Å². The highest BCUT2D eigenvalue weighted by molar-refractivity contribution is 5.98. The van der Waals surface area contributed by atoms with E-state index in [-0.39, 0.29) is 18.2 Å². The Hall–Kier alpha value is -3.15. The van der Waals surface area contributed by atoms with E-state index in [2.05, 4.69) is 20.8 Å². The summed E-state index contributed by atoms with van der Waals surface area (Å²) in [6, 6.07) is 13.4. The molecular weight excluding hydrogens is 316 g/mol. The lowest BCUT2D eigenvalue weighted by Crippen LogP contribution is -2.30. The first kappa shape index (κ1) is 16.7. The van der Waals surface area contributed by atoms with Gasteiger partial charge >= 0.3 is 0 Å². The van der Waals surface area contributed by atoms with Crippen LogP contribution in [0.2, 0.25) is 0 Å². The number of amides is 2. The molecule has 0 aliphatic heterocycles. The van der Waals surface area contributed by atoms with Gasteiger partial charge in [-0.15, -0.1) is 0 Å². The van der Waals surface area contributed by atoms with Crippen LogP contribution < -0.4 is 10.6 Å². The maximum atomic E-state index is 12.2. The van der Waals surface area contributed by atoms with E-state index >= 15 is 0 Å². The van der Waals surface area contributed by atoms with Crippen molar-refractivity contribution in [2.45, 2.75) is 19.9 Å². The van der Waals surface area contributed by atoms with Gasteiger partial charge in [-0.05, 0) is 29.8 Å². The number of nitrogens with zero attached hydrogens (tertiary/aromatic N) is 1. The maximum absolute atomic E-state index is 12.2. The number of hydrogen-bond donors (Lipinski definition) is 3. The van der Waals surface area contributed by atoms with Crippen LogP contribution in [0.4, 0.5) is 0 Å². The minimum Gasteiger partial charge on any atom is -0.352 e. The predicted molar refractivity (Wildman–Crippen MR) is 96.1 cm³/mol. The van der Waals surface area contributed by atoms with Gasteiger partial charge in [-0.1, -0.05) is 30.3 Å². The highest BCUT2D eigenvalue weighted by Crippen LogP contribution is 2.15. The molecule has 6 nitrogen and oxygen atoms in total. The summed E-state index contributed by atoms with van der Waals surface area (Å²) in [6.45, 7) is 2.62. The Morgan fingerprint density at radius 2 is 1.88 bits per heavy atom. The zero-order chi connectivity index (χ0) is 17.6. The van der Waals surface area contributed by atoms with Crippen LogP contribution in [0.3, 0.4) is 0 Å². The summed E-state index contributed by atoms with van der Waals surface area (Å²) < 4.78 is 0. The summed E-state index contributed by atoms with van der Waals surface area (Å²) in [4.78, 5) is 24.1. The SMILES string of the molecule is Cc1[nH]ncc1CNC(=O)CCNC(=O)c1ccc2ccccc2c1. The Labute approximate surface area is 145 Å². The summed E-state index contributed by atoms with van der Waals surface area (Å²) in [5.74, 6) is -0.288. The lowest BCUT2D eigenvalue weighted by Gasteiger charge is -2.07. The molecular formula is C19H20N4O2. The van der Waals surface area contributed by atoms with Crippen molar-refractivity contribution in [3.05, 3.63) is 65.5 Å². The Morgan fingerprint density at radius 1 is 1.08 bits per heavy atom. The first-order chi connectivity index (χ1) is 12.1.